The number of nitrogens with zero attached hydrogens (tertiary/aromatic N) is 2. The lowest BCUT2D eigenvalue weighted by atomic mass is 10.0. The predicted octanol–water partition coefficient (Wildman–Crippen LogP) is 2.37. The van der Waals surface area contributed by atoms with Gasteiger partial charge in [-0.1, -0.05) is 6.07 Å². The molecule has 1 heterocycles. The van der Waals surface area contributed by atoms with E-state index in [0.717, 1.165) is 18.8 Å². The van der Waals surface area contributed by atoms with Crippen molar-refractivity contribution in [2.45, 2.75) is 38.9 Å². The van der Waals surface area contributed by atoms with Gasteiger partial charge in [0, 0.05) is 42.5 Å². The fourth-order valence-corrected chi connectivity index (χ4v) is 2.85. The minimum absolute atomic E-state index is 0.202. The Morgan fingerprint density at radius 2 is 1.84 bits per heavy atom. The van der Waals surface area contributed by atoms with Gasteiger partial charge in [0.25, 0.3) is 0 Å². The SMILES string of the molecule is CC(N)c1c(F)cccc1N1CC(C)N(C)C(C)C1. The fourth-order valence-electron chi connectivity index (χ4n) is 2.85. The molecule has 19 heavy (non-hydrogen) atoms. The van der Waals surface area contributed by atoms with Crippen molar-refractivity contribution in [2.75, 3.05) is 25.0 Å². The molecule has 1 fully saturated rings. The molecule has 1 aliphatic rings. The van der Waals surface area contributed by atoms with Gasteiger partial charge in [-0.15, -0.1) is 0 Å². The lowest BCUT2D eigenvalue weighted by molar-refractivity contribution is 0.170. The third-order valence-electron chi connectivity index (χ3n) is 4.19. The van der Waals surface area contributed by atoms with Crippen LogP contribution in [0.4, 0.5) is 10.1 Å². The van der Waals surface area contributed by atoms with Crippen molar-refractivity contribution in [2.24, 2.45) is 5.73 Å². The molecular weight excluding hydrogens is 241 g/mol. The zero-order chi connectivity index (χ0) is 14.2. The zero-order valence-electron chi connectivity index (χ0n) is 12.2. The number of hydrogen-bond donors (Lipinski definition) is 1. The standard InChI is InChI=1S/C15H24FN3/c1-10-8-19(9-11(2)18(10)4)14-7-5-6-13(16)15(14)12(3)17/h5-7,10-12H,8-9,17H2,1-4H3. The lowest BCUT2D eigenvalue weighted by Crippen LogP contribution is -2.55. The first-order chi connectivity index (χ1) is 8.91. The van der Waals surface area contributed by atoms with Gasteiger partial charge in [0.2, 0.25) is 0 Å². The van der Waals surface area contributed by atoms with Gasteiger partial charge in [0.1, 0.15) is 5.82 Å². The molecule has 0 aromatic heterocycles. The van der Waals surface area contributed by atoms with E-state index in [1.54, 1.807) is 6.07 Å². The Kier molecular flexibility index (Phi) is 4.11. The molecule has 4 heteroatoms. The summed E-state index contributed by atoms with van der Waals surface area (Å²) >= 11 is 0. The van der Waals surface area contributed by atoms with Gasteiger partial charge >= 0.3 is 0 Å². The summed E-state index contributed by atoms with van der Waals surface area (Å²) < 4.78 is 14.0. The van der Waals surface area contributed by atoms with E-state index in [0.29, 0.717) is 17.6 Å². The van der Waals surface area contributed by atoms with Gasteiger partial charge in [0.15, 0.2) is 0 Å². The third kappa shape index (κ3) is 2.74. The summed E-state index contributed by atoms with van der Waals surface area (Å²) in [5, 5.41) is 0. The largest absolute Gasteiger partial charge is 0.368 e. The van der Waals surface area contributed by atoms with Gasteiger partial charge in [-0.25, -0.2) is 4.39 Å². The molecule has 2 rings (SSSR count). The van der Waals surface area contributed by atoms with Gasteiger partial charge < -0.3 is 10.6 Å². The van der Waals surface area contributed by atoms with E-state index in [1.165, 1.54) is 6.07 Å². The smallest absolute Gasteiger partial charge is 0.130 e. The summed E-state index contributed by atoms with van der Waals surface area (Å²) in [5.41, 5.74) is 7.52. The van der Waals surface area contributed by atoms with Crippen molar-refractivity contribution in [3.8, 4) is 0 Å². The highest BCUT2D eigenvalue weighted by atomic mass is 19.1. The van der Waals surface area contributed by atoms with E-state index >= 15 is 0 Å². The summed E-state index contributed by atoms with van der Waals surface area (Å²) in [6.45, 7) is 8.06. The first kappa shape index (κ1) is 14.3. The van der Waals surface area contributed by atoms with Crippen molar-refractivity contribution in [3.63, 3.8) is 0 Å². The summed E-state index contributed by atoms with van der Waals surface area (Å²) in [5.74, 6) is -0.202. The highest BCUT2D eigenvalue weighted by Crippen LogP contribution is 2.30. The number of piperazine rings is 1. The van der Waals surface area contributed by atoms with Gasteiger partial charge in [-0.05, 0) is 40.0 Å². The van der Waals surface area contributed by atoms with Crippen LogP contribution in [0.15, 0.2) is 18.2 Å². The predicted molar refractivity (Wildman–Crippen MR) is 77.9 cm³/mol. The molecule has 0 aliphatic carbocycles. The van der Waals surface area contributed by atoms with Crippen LogP contribution in [-0.4, -0.2) is 37.1 Å². The summed E-state index contributed by atoms with van der Waals surface area (Å²) in [7, 11) is 2.14. The molecule has 0 saturated carbocycles. The molecule has 3 atom stereocenters. The molecule has 2 N–H and O–H groups in total. The molecule has 3 unspecified atom stereocenters. The van der Waals surface area contributed by atoms with Crippen LogP contribution < -0.4 is 10.6 Å². The first-order valence-electron chi connectivity index (χ1n) is 6.92. The number of anilines is 1. The Balaban J connectivity index is 2.35. The number of halogens is 1. The van der Waals surface area contributed by atoms with Crippen LogP contribution in [0.3, 0.4) is 0 Å². The van der Waals surface area contributed by atoms with Crippen LogP contribution in [0.2, 0.25) is 0 Å². The average Bonchev–Trinajstić information content (AvgIpc) is 2.34. The lowest BCUT2D eigenvalue weighted by Gasteiger charge is -2.44. The first-order valence-corrected chi connectivity index (χ1v) is 6.92. The maximum Gasteiger partial charge on any atom is 0.130 e. The molecule has 1 saturated heterocycles. The van der Waals surface area contributed by atoms with Crippen molar-refractivity contribution < 1.29 is 4.39 Å². The van der Waals surface area contributed by atoms with Crippen LogP contribution in [0.1, 0.15) is 32.4 Å². The third-order valence-corrected chi connectivity index (χ3v) is 4.19. The Hall–Kier alpha value is -1.13. The minimum atomic E-state index is -0.290. The Labute approximate surface area is 115 Å². The molecule has 106 valence electrons. The average molecular weight is 265 g/mol. The molecule has 3 nitrogen and oxygen atoms in total. The molecule has 1 aromatic rings. The second kappa shape index (κ2) is 5.47. The zero-order valence-corrected chi connectivity index (χ0v) is 12.2. The monoisotopic (exact) mass is 265 g/mol. The van der Waals surface area contributed by atoms with Crippen molar-refractivity contribution in [3.05, 3.63) is 29.6 Å². The van der Waals surface area contributed by atoms with Gasteiger partial charge in [-0.3, -0.25) is 4.90 Å². The van der Waals surface area contributed by atoms with Crippen molar-refractivity contribution in [1.82, 2.24) is 4.90 Å². The quantitative estimate of drug-likeness (QED) is 0.891. The van der Waals surface area contributed by atoms with Crippen LogP contribution >= 0.6 is 0 Å². The molecule has 1 aromatic carbocycles. The number of hydrogen-bond acceptors (Lipinski definition) is 3. The van der Waals surface area contributed by atoms with E-state index in [2.05, 4.69) is 30.7 Å². The summed E-state index contributed by atoms with van der Waals surface area (Å²) in [4.78, 5) is 4.62. The molecule has 0 bridgehead atoms. The number of rotatable bonds is 2. The van der Waals surface area contributed by atoms with E-state index in [9.17, 15) is 4.39 Å². The van der Waals surface area contributed by atoms with Crippen molar-refractivity contribution in [1.29, 1.82) is 0 Å². The molecule has 0 radical (unpaired) electrons. The normalized spacial score (nSPS) is 26.5. The highest BCUT2D eigenvalue weighted by Gasteiger charge is 2.28. The second-order valence-electron chi connectivity index (χ2n) is 5.73. The molecular formula is C15H24FN3. The van der Waals surface area contributed by atoms with E-state index in [1.807, 2.05) is 13.0 Å². The fraction of sp³-hybridized carbons (Fsp3) is 0.600. The van der Waals surface area contributed by atoms with Gasteiger partial charge in [-0.2, -0.15) is 0 Å². The van der Waals surface area contributed by atoms with E-state index in [-0.39, 0.29) is 11.9 Å². The van der Waals surface area contributed by atoms with Crippen LogP contribution in [0, 0.1) is 5.82 Å². The van der Waals surface area contributed by atoms with Crippen LogP contribution in [-0.2, 0) is 0 Å². The number of nitrogens with two attached hydrogens (primary N) is 1. The van der Waals surface area contributed by atoms with Gasteiger partial charge in [0.05, 0.1) is 0 Å². The second-order valence-corrected chi connectivity index (χ2v) is 5.73. The highest BCUT2D eigenvalue weighted by molar-refractivity contribution is 5.56. The topological polar surface area (TPSA) is 32.5 Å². The van der Waals surface area contributed by atoms with Crippen LogP contribution in [0.5, 0.6) is 0 Å². The Bertz CT molecular complexity index is 435. The minimum Gasteiger partial charge on any atom is -0.368 e. The van der Waals surface area contributed by atoms with Crippen LogP contribution in [0.25, 0.3) is 0 Å². The summed E-state index contributed by atoms with van der Waals surface area (Å²) in [6, 6.07) is 5.85. The Morgan fingerprint density at radius 3 is 2.37 bits per heavy atom. The molecule has 1 aliphatic heterocycles. The summed E-state index contributed by atoms with van der Waals surface area (Å²) in [6.07, 6.45) is 0. The Morgan fingerprint density at radius 1 is 1.26 bits per heavy atom. The van der Waals surface area contributed by atoms with Crippen molar-refractivity contribution >= 4 is 5.69 Å². The van der Waals surface area contributed by atoms with E-state index < -0.39 is 0 Å². The maximum atomic E-state index is 14.0. The number of benzene rings is 1. The van der Waals surface area contributed by atoms with E-state index in [4.69, 9.17) is 5.73 Å². The molecule has 0 amide bonds. The molecule has 0 spiro atoms. The number of likely N-dealkylation sites (N-methyl/N-ethyl adjacent to an activating group) is 1. The maximum absolute atomic E-state index is 14.0.